The SMILES string of the molecule is O=c1oc2ccccc2cc1NCc1[c-]cccc1.[Br][Pd+]. The molecule has 3 aromatic rings. The van der Waals surface area contributed by atoms with Gasteiger partial charge in [-0.25, -0.2) is 4.79 Å². The number of halogens is 1. The van der Waals surface area contributed by atoms with E-state index >= 15 is 0 Å². The van der Waals surface area contributed by atoms with E-state index in [2.05, 4.69) is 42.0 Å². The van der Waals surface area contributed by atoms with Crippen LogP contribution in [0.2, 0.25) is 0 Å². The third kappa shape index (κ3) is 4.28. The van der Waals surface area contributed by atoms with Gasteiger partial charge in [-0.2, -0.15) is 30.3 Å². The zero-order chi connectivity index (χ0) is 15.1. The second-order valence-corrected chi connectivity index (χ2v) is 4.23. The Hall–Kier alpha value is -1.41. The number of para-hydroxylation sites is 1. The van der Waals surface area contributed by atoms with Crippen molar-refractivity contribution in [1.82, 2.24) is 0 Å². The maximum atomic E-state index is 11.8. The molecular formula is C16H12BrNO2Pd. The molecule has 0 saturated carbocycles. The van der Waals surface area contributed by atoms with Crippen LogP contribution in [0, 0.1) is 6.07 Å². The zero-order valence-corrected chi connectivity index (χ0v) is 14.1. The summed E-state index contributed by atoms with van der Waals surface area (Å²) in [6.07, 6.45) is 0. The van der Waals surface area contributed by atoms with Crippen molar-refractivity contribution in [3.63, 3.8) is 0 Å². The molecule has 110 valence electrons. The molecule has 0 saturated heterocycles. The first-order chi connectivity index (χ1) is 10.3. The van der Waals surface area contributed by atoms with Crippen LogP contribution in [0.4, 0.5) is 5.69 Å². The summed E-state index contributed by atoms with van der Waals surface area (Å²) in [5.74, 6) is 0. The van der Waals surface area contributed by atoms with Gasteiger partial charge in [-0.15, -0.1) is 5.56 Å². The Morgan fingerprint density at radius 2 is 1.90 bits per heavy atom. The Kier molecular flexibility index (Phi) is 6.19. The summed E-state index contributed by atoms with van der Waals surface area (Å²) < 4.78 is 5.25. The first kappa shape index (κ1) is 16.0. The molecule has 0 atom stereocenters. The number of fused-ring (bicyclic) bond motifs is 1. The van der Waals surface area contributed by atoms with Crippen molar-refractivity contribution in [3.05, 3.63) is 76.6 Å². The fourth-order valence-corrected chi connectivity index (χ4v) is 1.92. The van der Waals surface area contributed by atoms with Crippen LogP contribution in [-0.4, -0.2) is 0 Å². The second-order valence-electron chi connectivity index (χ2n) is 4.23. The van der Waals surface area contributed by atoms with Crippen molar-refractivity contribution >= 4 is 30.1 Å². The summed E-state index contributed by atoms with van der Waals surface area (Å²) in [5, 5.41) is 3.99. The average Bonchev–Trinajstić information content (AvgIpc) is 2.56. The molecule has 1 heterocycles. The number of rotatable bonds is 3. The third-order valence-corrected chi connectivity index (χ3v) is 2.88. The fourth-order valence-electron chi connectivity index (χ4n) is 1.92. The predicted octanol–water partition coefficient (Wildman–Crippen LogP) is 4.05. The van der Waals surface area contributed by atoms with Crippen molar-refractivity contribution in [2.45, 2.75) is 6.54 Å². The Morgan fingerprint density at radius 3 is 2.67 bits per heavy atom. The summed E-state index contributed by atoms with van der Waals surface area (Å²) in [7, 11) is 0. The molecular weight excluding hydrogens is 425 g/mol. The van der Waals surface area contributed by atoms with Crippen molar-refractivity contribution in [2.75, 3.05) is 5.32 Å². The van der Waals surface area contributed by atoms with Crippen LogP contribution >= 0.6 is 13.4 Å². The molecule has 1 aromatic heterocycles. The molecule has 0 spiro atoms. The molecule has 0 aliphatic carbocycles. The summed E-state index contributed by atoms with van der Waals surface area (Å²) in [4.78, 5) is 11.8. The molecule has 0 fully saturated rings. The van der Waals surface area contributed by atoms with Gasteiger partial charge in [0.1, 0.15) is 11.3 Å². The van der Waals surface area contributed by atoms with Crippen LogP contribution in [0.1, 0.15) is 5.56 Å². The van der Waals surface area contributed by atoms with Crippen LogP contribution < -0.4 is 10.9 Å². The van der Waals surface area contributed by atoms with E-state index in [1.807, 2.05) is 48.5 Å². The number of benzene rings is 2. The van der Waals surface area contributed by atoms with Crippen LogP contribution in [0.25, 0.3) is 11.0 Å². The molecule has 5 heteroatoms. The summed E-state index contributed by atoms with van der Waals surface area (Å²) in [6.45, 7) is 0.546. The number of hydrogen-bond acceptors (Lipinski definition) is 3. The van der Waals surface area contributed by atoms with Gasteiger partial charge >= 0.3 is 36.2 Å². The maximum absolute atomic E-state index is 11.8. The molecule has 0 unspecified atom stereocenters. The molecule has 3 nitrogen and oxygen atoms in total. The molecule has 0 aliphatic rings. The van der Waals surface area contributed by atoms with Gasteiger partial charge < -0.3 is 9.73 Å². The molecule has 21 heavy (non-hydrogen) atoms. The Balaban J connectivity index is 0.000000774. The Bertz CT molecular complexity index is 759. The van der Waals surface area contributed by atoms with Gasteiger partial charge in [0, 0.05) is 11.9 Å². The normalized spacial score (nSPS) is 9.86. The van der Waals surface area contributed by atoms with E-state index in [0.717, 1.165) is 10.9 Å². The van der Waals surface area contributed by atoms with Gasteiger partial charge in [-0.1, -0.05) is 18.2 Å². The van der Waals surface area contributed by atoms with E-state index in [0.29, 0.717) is 17.8 Å². The summed E-state index contributed by atoms with van der Waals surface area (Å²) in [6, 6.07) is 20.0. The Morgan fingerprint density at radius 1 is 1.14 bits per heavy atom. The monoisotopic (exact) mass is 435 g/mol. The minimum absolute atomic E-state index is 0.352. The minimum atomic E-state index is -0.352. The topological polar surface area (TPSA) is 42.2 Å². The number of anilines is 1. The zero-order valence-electron chi connectivity index (χ0n) is 10.9. The van der Waals surface area contributed by atoms with Gasteiger partial charge in [0.2, 0.25) is 0 Å². The van der Waals surface area contributed by atoms with Gasteiger partial charge in [0.25, 0.3) is 0 Å². The van der Waals surface area contributed by atoms with Gasteiger partial charge in [0.15, 0.2) is 0 Å². The van der Waals surface area contributed by atoms with Gasteiger partial charge in [0.05, 0.1) is 0 Å². The Labute approximate surface area is 140 Å². The van der Waals surface area contributed by atoms with E-state index in [-0.39, 0.29) is 5.63 Å². The summed E-state index contributed by atoms with van der Waals surface area (Å²) >= 11 is 5.35. The molecule has 1 N–H and O–H groups in total. The predicted molar refractivity (Wildman–Crippen MR) is 84.0 cm³/mol. The molecule has 3 rings (SSSR count). The van der Waals surface area contributed by atoms with E-state index in [9.17, 15) is 4.79 Å². The van der Waals surface area contributed by atoms with Crippen molar-refractivity contribution < 1.29 is 21.6 Å². The van der Waals surface area contributed by atoms with Crippen LogP contribution in [0.15, 0.2) is 63.8 Å². The van der Waals surface area contributed by atoms with Crippen molar-refractivity contribution in [2.24, 2.45) is 0 Å². The second kappa shape index (κ2) is 8.14. The first-order valence-electron chi connectivity index (χ1n) is 6.17. The molecule has 0 radical (unpaired) electrons. The van der Waals surface area contributed by atoms with E-state index in [1.54, 1.807) is 6.07 Å². The molecule has 0 aliphatic heterocycles. The van der Waals surface area contributed by atoms with E-state index < -0.39 is 0 Å². The van der Waals surface area contributed by atoms with Crippen molar-refractivity contribution in [3.8, 4) is 0 Å². The average molecular weight is 437 g/mol. The van der Waals surface area contributed by atoms with Gasteiger partial charge in [-0.05, 0) is 12.1 Å². The van der Waals surface area contributed by atoms with Crippen LogP contribution in [0.3, 0.4) is 0 Å². The first-order valence-corrected chi connectivity index (χ1v) is 9.73. The number of nitrogens with one attached hydrogen (secondary N) is 1. The van der Waals surface area contributed by atoms with Crippen LogP contribution in [-0.2, 0) is 23.7 Å². The van der Waals surface area contributed by atoms with E-state index in [4.69, 9.17) is 4.42 Å². The summed E-state index contributed by atoms with van der Waals surface area (Å²) in [5.41, 5.74) is 1.71. The standard InChI is InChI=1S/C16H12NO2.BrH.Pd/c18-16-14(17-11-12-6-2-1-3-7-12)10-13-8-4-5-9-15(13)19-16;;/h1-6,8-10,17H,11H2;1H;/q-1;;+2/p-1. The quantitative estimate of drug-likeness (QED) is 0.383. The van der Waals surface area contributed by atoms with Gasteiger partial charge in [-0.3, -0.25) is 0 Å². The van der Waals surface area contributed by atoms with Crippen molar-refractivity contribution in [1.29, 1.82) is 0 Å². The molecule has 0 amide bonds. The molecule has 2 aromatic carbocycles. The third-order valence-electron chi connectivity index (χ3n) is 2.88. The van der Waals surface area contributed by atoms with E-state index in [1.165, 1.54) is 0 Å². The number of hydrogen-bond donors (Lipinski definition) is 1. The fraction of sp³-hybridized carbons (Fsp3) is 0.0625. The molecule has 0 bridgehead atoms. The van der Waals surface area contributed by atoms with Crippen LogP contribution in [0.5, 0.6) is 0 Å².